The third-order valence-electron chi connectivity index (χ3n) is 7.06. The summed E-state index contributed by atoms with van der Waals surface area (Å²) >= 11 is 2.84. The summed E-state index contributed by atoms with van der Waals surface area (Å²) in [5, 5.41) is 14.5. The molecule has 3 aromatic heterocycles. The van der Waals surface area contributed by atoms with Gasteiger partial charge in [-0.2, -0.15) is 11.3 Å². The smallest absolute Gasteiger partial charge is 0.275 e. The van der Waals surface area contributed by atoms with E-state index in [1.165, 1.54) is 35.5 Å². The fourth-order valence-electron chi connectivity index (χ4n) is 5.18. The Hall–Kier alpha value is -2.52. The van der Waals surface area contributed by atoms with E-state index in [1.807, 2.05) is 41.1 Å². The van der Waals surface area contributed by atoms with E-state index in [0.717, 1.165) is 34.7 Å². The molecule has 0 aliphatic carbocycles. The molecular weight excluding hydrogens is 454 g/mol. The second-order valence-electron chi connectivity index (χ2n) is 9.00. The molecule has 2 saturated heterocycles. The molecule has 0 radical (unpaired) electrons. The average Bonchev–Trinajstić information content (AvgIpc) is 3.54. The van der Waals surface area contributed by atoms with Crippen molar-refractivity contribution in [2.45, 2.75) is 50.0 Å². The van der Waals surface area contributed by atoms with Gasteiger partial charge in [0.15, 0.2) is 0 Å². The van der Waals surface area contributed by atoms with Crippen molar-refractivity contribution in [2.24, 2.45) is 0 Å². The summed E-state index contributed by atoms with van der Waals surface area (Å²) in [6.45, 7) is 0. The first-order chi connectivity index (χ1) is 16.1. The number of aliphatic hydroxyl groups excluding tert-OH is 1. The maximum atomic E-state index is 13.2. The standard InChI is InChI=1S/C25H25N3O3S2/c1-27-17-2-3-18(27)11-20(10-17)31-19-6-4-16(5-7-19)28-14-26-21-12-22(33-24(21)25(28)30)23(29)15-8-9-32-13-15/h4-9,12-14,17-18,20,23,29H,2-3,10-11H2,1H3/t17-,18+,20?,23?. The van der Waals surface area contributed by atoms with Crippen LogP contribution in [-0.2, 0) is 0 Å². The van der Waals surface area contributed by atoms with Crippen molar-refractivity contribution in [1.82, 2.24) is 14.5 Å². The summed E-state index contributed by atoms with van der Waals surface area (Å²) in [4.78, 5) is 20.9. The molecule has 6 rings (SSSR count). The highest BCUT2D eigenvalue weighted by Gasteiger charge is 2.39. The van der Waals surface area contributed by atoms with E-state index in [0.29, 0.717) is 22.3 Å². The molecule has 0 spiro atoms. The normalized spacial score (nSPS) is 23.8. The zero-order chi connectivity index (χ0) is 22.5. The lowest BCUT2D eigenvalue weighted by Crippen LogP contribution is -2.43. The lowest BCUT2D eigenvalue weighted by Gasteiger charge is -2.36. The summed E-state index contributed by atoms with van der Waals surface area (Å²) in [6, 6.07) is 12.7. The van der Waals surface area contributed by atoms with Crippen LogP contribution in [0.5, 0.6) is 5.75 Å². The number of piperidine rings is 1. The van der Waals surface area contributed by atoms with E-state index in [1.54, 1.807) is 17.0 Å². The van der Waals surface area contributed by atoms with Crippen LogP contribution in [0.15, 0.2) is 58.3 Å². The van der Waals surface area contributed by atoms with Crippen LogP contribution in [-0.4, -0.2) is 44.8 Å². The first-order valence-corrected chi connectivity index (χ1v) is 13.0. The highest BCUT2D eigenvalue weighted by Crippen LogP contribution is 2.36. The fraction of sp³-hybridized carbons (Fsp3) is 0.360. The van der Waals surface area contributed by atoms with Crippen LogP contribution < -0.4 is 10.3 Å². The minimum Gasteiger partial charge on any atom is -0.490 e. The number of benzene rings is 1. The molecule has 170 valence electrons. The van der Waals surface area contributed by atoms with Crippen molar-refractivity contribution in [3.63, 3.8) is 0 Å². The van der Waals surface area contributed by atoms with E-state index in [4.69, 9.17) is 4.74 Å². The second kappa shape index (κ2) is 8.36. The van der Waals surface area contributed by atoms with Crippen molar-refractivity contribution >= 4 is 32.9 Å². The second-order valence-corrected chi connectivity index (χ2v) is 10.9. The van der Waals surface area contributed by atoms with E-state index >= 15 is 0 Å². The summed E-state index contributed by atoms with van der Waals surface area (Å²) in [5.41, 5.74) is 2.07. The van der Waals surface area contributed by atoms with Gasteiger partial charge in [0.2, 0.25) is 0 Å². The number of nitrogens with zero attached hydrogens (tertiary/aromatic N) is 3. The van der Waals surface area contributed by atoms with Crippen LogP contribution in [0.25, 0.3) is 15.9 Å². The molecule has 2 aliphatic rings. The number of rotatable bonds is 5. The summed E-state index contributed by atoms with van der Waals surface area (Å²) < 4.78 is 8.39. The fourth-order valence-corrected chi connectivity index (χ4v) is 6.91. The highest BCUT2D eigenvalue weighted by atomic mass is 32.1. The van der Waals surface area contributed by atoms with Gasteiger partial charge in [0.05, 0.1) is 11.2 Å². The molecule has 2 unspecified atom stereocenters. The Morgan fingerprint density at radius 2 is 1.91 bits per heavy atom. The maximum Gasteiger partial charge on any atom is 0.275 e. The van der Waals surface area contributed by atoms with E-state index in [9.17, 15) is 9.90 Å². The minimum absolute atomic E-state index is 0.130. The SMILES string of the molecule is CN1[C@@H]2CC[C@H]1CC(Oc1ccc(-n3cnc4cc(C(O)c5ccsc5)sc4c3=O)cc1)C2. The third-order valence-corrected chi connectivity index (χ3v) is 8.92. The van der Waals surface area contributed by atoms with Gasteiger partial charge in [0, 0.05) is 17.0 Å². The van der Waals surface area contributed by atoms with Crippen molar-refractivity contribution in [1.29, 1.82) is 0 Å². The lowest BCUT2D eigenvalue weighted by molar-refractivity contribution is 0.0662. The molecule has 2 fully saturated rings. The van der Waals surface area contributed by atoms with Gasteiger partial charge in [-0.05, 0) is 85.5 Å². The van der Waals surface area contributed by atoms with Crippen molar-refractivity contribution in [2.75, 3.05) is 7.05 Å². The van der Waals surface area contributed by atoms with Gasteiger partial charge in [-0.15, -0.1) is 11.3 Å². The van der Waals surface area contributed by atoms with Gasteiger partial charge in [-0.25, -0.2) is 4.98 Å². The third kappa shape index (κ3) is 3.81. The molecule has 6 nitrogen and oxygen atoms in total. The van der Waals surface area contributed by atoms with Gasteiger partial charge in [0.1, 0.15) is 29.0 Å². The zero-order valence-electron chi connectivity index (χ0n) is 18.3. The number of hydrogen-bond donors (Lipinski definition) is 1. The average molecular weight is 480 g/mol. The first-order valence-electron chi connectivity index (χ1n) is 11.3. The van der Waals surface area contributed by atoms with E-state index in [-0.39, 0.29) is 11.7 Å². The predicted octanol–water partition coefficient (Wildman–Crippen LogP) is 4.59. The maximum absolute atomic E-state index is 13.2. The molecule has 8 heteroatoms. The Kier molecular flexibility index (Phi) is 5.33. The van der Waals surface area contributed by atoms with E-state index in [2.05, 4.69) is 16.9 Å². The molecule has 1 aromatic carbocycles. The Morgan fingerprint density at radius 1 is 1.15 bits per heavy atom. The number of hydrogen-bond acceptors (Lipinski definition) is 7. The molecule has 0 amide bonds. The van der Waals surface area contributed by atoms with Gasteiger partial charge < -0.3 is 14.7 Å². The van der Waals surface area contributed by atoms with Crippen LogP contribution in [0.1, 0.15) is 42.2 Å². The van der Waals surface area contributed by atoms with Crippen LogP contribution in [0.3, 0.4) is 0 Å². The highest BCUT2D eigenvalue weighted by molar-refractivity contribution is 7.19. The molecular formula is C25H25N3O3S2. The lowest BCUT2D eigenvalue weighted by atomic mass is 10.0. The predicted molar refractivity (Wildman–Crippen MR) is 132 cm³/mol. The molecule has 4 aromatic rings. The first kappa shape index (κ1) is 21.0. The number of thiophene rings is 2. The summed E-state index contributed by atoms with van der Waals surface area (Å²) in [5.74, 6) is 0.840. The quantitative estimate of drug-likeness (QED) is 0.453. The molecule has 2 aliphatic heterocycles. The monoisotopic (exact) mass is 479 g/mol. The van der Waals surface area contributed by atoms with Gasteiger partial charge in [-0.3, -0.25) is 9.36 Å². The molecule has 4 atom stereocenters. The van der Waals surface area contributed by atoms with Crippen LogP contribution in [0.4, 0.5) is 0 Å². The number of ether oxygens (including phenoxy) is 1. The molecule has 2 bridgehead atoms. The van der Waals surface area contributed by atoms with Crippen molar-refractivity contribution in [3.8, 4) is 11.4 Å². The Morgan fingerprint density at radius 3 is 2.61 bits per heavy atom. The largest absolute Gasteiger partial charge is 0.490 e. The van der Waals surface area contributed by atoms with Gasteiger partial charge >= 0.3 is 0 Å². The number of aliphatic hydroxyl groups is 1. The van der Waals surface area contributed by atoms with Crippen LogP contribution in [0, 0.1) is 0 Å². The minimum atomic E-state index is -0.741. The summed E-state index contributed by atoms with van der Waals surface area (Å²) in [7, 11) is 2.23. The van der Waals surface area contributed by atoms with Crippen molar-refractivity contribution < 1.29 is 9.84 Å². The summed E-state index contributed by atoms with van der Waals surface area (Å²) in [6.07, 6.45) is 5.77. The van der Waals surface area contributed by atoms with Crippen LogP contribution in [0.2, 0.25) is 0 Å². The van der Waals surface area contributed by atoms with Crippen LogP contribution >= 0.6 is 22.7 Å². The number of aromatic nitrogens is 2. The molecule has 0 saturated carbocycles. The topological polar surface area (TPSA) is 67.6 Å². The van der Waals surface area contributed by atoms with Gasteiger partial charge in [0.25, 0.3) is 5.56 Å². The molecule has 5 heterocycles. The Labute approximate surface area is 199 Å². The Bertz CT molecular complexity index is 1320. The number of fused-ring (bicyclic) bond motifs is 3. The van der Waals surface area contributed by atoms with E-state index < -0.39 is 6.10 Å². The Balaban J connectivity index is 1.23. The zero-order valence-corrected chi connectivity index (χ0v) is 19.9. The van der Waals surface area contributed by atoms with Crippen molar-refractivity contribution in [3.05, 3.63) is 74.3 Å². The van der Waals surface area contributed by atoms with Gasteiger partial charge in [-0.1, -0.05) is 0 Å². The molecule has 1 N–H and O–H groups in total. The molecule has 33 heavy (non-hydrogen) atoms.